The summed E-state index contributed by atoms with van der Waals surface area (Å²) < 4.78 is 2.49. The van der Waals surface area contributed by atoms with Gasteiger partial charge >= 0.3 is 0 Å². The number of hydrogen-bond donors (Lipinski definition) is 0. The molecule has 0 saturated heterocycles. The van der Waals surface area contributed by atoms with E-state index in [2.05, 4.69) is 95.6 Å². The molecule has 1 aromatic heterocycles. The van der Waals surface area contributed by atoms with Gasteiger partial charge in [0.1, 0.15) is 0 Å². The standard InChI is InChI=1S/C24H19N/c1-3-9-18(10-4-1)17-25-23(19-11-5-2-6-12-19)16-21-15-20-13-7-8-14-22(20)24(21)25/h1-14,16H,15,17H2. The first kappa shape index (κ1) is 14.3. The fraction of sp³-hybridized carbons (Fsp3) is 0.0833. The van der Waals surface area contributed by atoms with Crippen LogP contribution in [0.4, 0.5) is 0 Å². The maximum atomic E-state index is 2.49. The molecule has 25 heavy (non-hydrogen) atoms. The SMILES string of the molecule is c1ccc(Cn2c(-c3ccccc3)cc3c2-c2ccccc2C3)cc1. The van der Waals surface area contributed by atoms with Crippen molar-refractivity contribution in [1.29, 1.82) is 0 Å². The van der Waals surface area contributed by atoms with E-state index in [1.165, 1.54) is 39.2 Å². The van der Waals surface area contributed by atoms with Crippen molar-refractivity contribution in [2.24, 2.45) is 0 Å². The summed E-state index contributed by atoms with van der Waals surface area (Å²) in [6.07, 6.45) is 1.03. The van der Waals surface area contributed by atoms with Gasteiger partial charge in [0.25, 0.3) is 0 Å². The average molecular weight is 321 g/mol. The van der Waals surface area contributed by atoms with E-state index in [9.17, 15) is 0 Å². The summed E-state index contributed by atoms with van der Waals surface area (Å²) in [6, 6.07) is 32.7. The predicted octanol–water partition coefficient (Wildman–Crippen LogP) is 5.77. The van der Waals surface area contributed by atoms with Gasteiger partial charge in [-0.15, -0.1) is 0 Å². The monoisotopic (exact) mass is 321 g/mol. The van der Waals surface area contributed by atoms with Gasteiger partial charge < -0.3 is 4.57 Å². The lowest BCUT2D eigenvalue weighted by Gasteiger charge is -2.14. The number of rotatable bonds is 3. The second-order valence-electron chi connectivity index (χ2n) is 6.68. The van der Waals surface area contributed by atoms with Crippen LogP contribution in [0.1, 0.15) is 16.7 Å². The Hall–Kier alpha value is -3.06. The Morgan fingerprint density at radius 3 is 2.16 bits per heavy atom. The van der Waals surface area contributed by atoms with Gasteiger partial charge in [-0.1, -0.05) is 84.9 Å². The summed E-state index contributed by atoms with van der Waals surface area (Å²) in [4.78, 5) is 0. The molecule has 0 radical (unpaired) electrons. The fourth-order valence-corrected chi connectivity index (χ4v) is 3.95. The molecule has 0 saturated carbocycles. The molecule has 1 aliphatic rings. The average Bonchev–Trinajstić information content (AvgIpc) is 3.20. The summed E-state index contributed by atoms with van der Waals surface area (Å²) in [6.45, 7) is 0.898. The highest BCUT2D eigenvalue weighted by atomic mass is 15.0. The van der Waals surface area contributed by atoms with Gasteiger partial charge in [0, 0.05) is 24.2 Å². The van der Waals surface area contributed by atoms with Crippen LogP contribution in [0.3, 0.4) is 0 Å². The van der Waals surface area contributed by atoms with Gasteiger partial charge in [-0.05, 0) is 28.3 Å². The van der Waals surface area contributed by atoms with E-state index >= 15 is 0 Å². The van der Waals surface area contributed by atoms with Crippen molar-refractivity contribution in [3.05, 3.63) is 108 Å². The zero-order valence-corrected chi connectivity index (χ0v) is 14.0. The molecule has 0 amide bonds. The number of fused-ring (bicyclic) bond motifs is 3. The largest absolute Gasteiger partial charge is 0.336 e. The molecule has 1 heterocycles. The maximum Gasteiger partial charge on any atom is 0.0527 e. The molecule has 0 N–H and O–H groups in total. The molecule has 0 aliphatic heterocycles. The van der Waals surface area contributed by atoms with Crippen LogP contribution in [0.2, 0.25) is 0 Å². The minimum Gasteiger partial charge on any atom is -0.336 e. The van der Waals surface area contributed by atoms with Crippen molar-refractivity contribution in [3.8, 4) is 22.5 Å². The minimum absolute atomic E-state index is 0.898. The van der Waals surface area contributed by atoms with Crippen LogP contribution in [-0.2, 0) is 13.0 Å². The van der Waals surface area contributed by atoms with Crippen molar-refractivity contribution in [2.45, 2.75) is 13.0 Å². The molecule has 0 atom stereocenters. The molecule has 0 bridgehead atoms. The minimum atomic E-state index is 0.898. The predicted molar refractivity (Wildman–Crippen MR) is 104 cm³/mol. The number of benzene rings is 3. The van der Waals surface area contributed by atoms with Crippen molar-refractivity contribution >= 4 is 0 Å². The van der Waals surface area contributed by atoms with Crippen molar-refractivity contribution < 1.29 is 0 Å². The van der Waals surface area contributed by atoms with E-state index in [4.69, 9.17) is 0 Å². The van der Waals surface area contributed by atoms with Crippen LogP contribution in [0, 0.1) is 0 Å². The Morgan fingerprint density at radius 1 is 0.680 bits per heavy atom. The highest BCUT2D eigenvalue weighted by Gasteiger charge is 2.25. The van der Waals surface area contributed by atoms with Gasteiger partial charge in [-0.3, -0.25) is 0 Å². The van der Waals surface area contributed by atoms with Crippen LogP contribution in [0.15, 0.2) is 91.0 Å². The van der Waals surface area contributed by atoms with Gasteiger partial charge in [0.2, 0.25) is 0 Å². The van der Waals surface area contributed by atoms with E-state index in [0.29, 0.717) is 0 Å². The molecule has 1 nitrogen and oxygen atoms in total. The van der Waals surface area contributed by atoms with Gasteiger partial charge in [0.15, 0.2) is 0 Å². The number of aromatic nitrogens is 1. The highest BCUT2D eigenvalue weighted by molar-refractivity contribution is 5.79. The lowest BCUT2D eigenvalue weighted by atomic mass is 10.1. The third-order valence-electron chi connectivity index (χ3n) is 5.08. The lowest BCUT2D eigenvalue weighted by molar-refractivity contribution is 0.822. The van der Waals surface area contributed by atoms with E-state index in [1.807, 2.05) is 0 Å². The molecule has 5 rings (SSSR count). The first-order chi connectivity index (χ1) is 12.4. The van der Waals surface area contributed by atoms with E-state index in [-0.39, 0.29) is 0 Å². The fourth-order valence-electron chi connectivity index (χ4n) is 3.95. The second-order valence-corrected chi connectivity index (χ2v) is 6.68. The first-order valence-corrected chi connectivity index (χ1v) is 8.80. The summed E-state index contributed by atoms with van der Waals surface area (Å²) in [7, 11) is 0. The third-order valence-corrected chi connectivity index (χ3v) is 5.08. The zero-order valence-electron chi connectivity index (χ0n) is 14.0. The van der Waals surface area contributed by atoms with Gasteiger partial charge in [0.05, 0.1) is 5.69 Å². The van der Waals surface area contributed by atoms with Crippen LogP contribution in [0.25, 0.3) is 22.5 Å². The Morgan fingerprint density at radius 2 is 1.36 bits per heavy atom. The highest BCUT2D eigenvalue weighted by Crippen LogP contribution is 2.41. The van der Waals surface area contributed by atoms with Crippen LogP contribution in [-0.4, -0.2) is 4.57 Å². The van der Waals surface area contributed by atoms with Crippen LogP contribution < -0.4 is 0 Å². The van der Waals surface area contributed by atoms with Gasteiger partial charge in [-0.2, -0.15) is 0 Å². The second kappa shape index (κ2) is 5.78. The van der Waals surface area contributed by atoms with Crippen LogP contribution in [0.5, 0.6) is 0 Å². The van der Waals surface area contributed by atoms with Crippen LogP contribution >= 0.6 is 0 Å². The van der Waals surface area contributed by atoms with Crippen molar-refractivity contribution in [1.82, 2.24) is 4.57 Å². The zero-order chi connectivity index (χ0) is 16.6. The molecule has 0 spiro atoms. The van der Waals surface area contributed by atoms with E-state index in [0.717, 1.165) is 13.0 Å². The molecule has 3 aromatic carbocycles. The Balaban J connectivity index is 1.72. The third kappa shape index (κ3) is 2.40. The normalized spacial score (nSPS) is 12.0. The Labute approximate surface area is 148 Å². The Kier molecular flexibility index (Phi) is 3.31. The molecule has 4 aromatic rings. The van der Waals surface area contributed by atoms with Gasteiger partial charge in [-0.25, -0.2) is 0 Å². The number of hydrogen-bond acceptors (Lipinski definition) is 0. The molecule has 120 valence electrons. The summed E-state index contributed by atoms with van der Waals surface area (Å²) >= 11 is 0. The summed E-state index contributed by atoms with van der Waals surface area (Å²) in [5.41, 5.74) is 9.58. The molecule has 0 unspecified atom stereocenters. The molecular formula is C24H19N. The summed E-state index contributed by atoms with van der Waals surface area (Å²) in [5, 5.41) is 0. The lowest BCUT2D eigenvalue weighted by Crippen LogP contribution is -2.03. The molecule has 1 aliphatic carbocycles. The topological polar surface area (TPSA) is 4.93 Å². The van der Waals surface area contributed by atoms with Crippen molar-refractivity contribution in [2.75, 3.05) is 0 Å². The summed E-state index contributed by atoms with van der Waals surface area (Å²) in [5.74, 6) is 0. The van der Waals surface area contributed by atoms with E-state index < -0.39 is 0 Å². The maximum absolute atomic E-state index is 2.49. The number of nitrogens with zero attached hydrogens (tertiary/aromatic N) is 1. The first-order valence-electron chi connectivity index (χ1n) is 8.80. The quantitative estimate of drug-likeness (QED) is 0.397. The van der Waals surface area contributed by atoms with Crippen molar-refractivity contribution in [3.63, 3.8) is 0 Å². The molecule has 0 fully saturated rings. The van der Waals surface area contributed by atoms with E-state index in [1.54, 1.807) is 0 Å². The smallest absolute Gasteiger partial charge is 0.0527 e. The molecule has 1 heteroatoms. The Bertz CT molecular complexity index is 1030. The molecular weight excluding hydrogens is 302 g/mol.